The van der Waals surface area contributed by atoms with Gasteiger partial charge >= 0.3 is 0 Å². The molecular weight excluding hydrogens is 603 g/mol. The zero-order valence-electron chi connectivity index (χ0n) is 28.3. The van der Waals surface area contributed by atoms with E-state index in [9.17, 15) is 0 Å². The van der Waals surface area contributed by atoms with Crippen LogP contribution in [0.1, 0.15) is 25.0 Å². The molecule has 0 aliphatic heterocycles. The highest BCUT2D eigenvalue weighted by Crippen LogP contribution is 2.56. The first-order valence-corrected chi connectivity index (χ1v) is 17.5. The van der Waals surface area contributed by atoms with Gasteiger partial charge in [-0.2, -0.15) is 0 Å². The minimum absolute atomic E-state index is 0.193. The lowest BCUT2D eigenvalue weighted by Crippen LogP contribution is -2.17. The summed E-state index contributed by atoms with van der Waals surface area (Å²) in [7, 11) is 0. The smallest absolute Gasteiger partial charge is 0.0543 e. The summed E-state index contributed by atoms with van der Waals surface area (Å²) in [5, 5.41) is 2.45. The van der Waals surface area contributed by atoms with Gasteiger partial charge in [-0.05, 0) is 85.8 Å². The van der Waals surface area contributed by atoms with Gasteiger partial charge in [-0.3, -0.25) is 0 Å². The molecule has 0 amide bonds. The molecule has 0 aromatic heterocycles. The van der Waals surface area contributed by atoms with E-state index in [0.29, 0.717) is 0 Å². The number of fused-ring (bicyclic) bond motifs is 4. The summed E-state index contributed by atoms with van der Waals surface area (Å²) >= 11 is 0. The van der Waals surface area contributed by atoms with E-state index >= 15 is 0 Å². The highest BCUT2D eigenvalue weighted by Gasteiger charge is 2.38. The highest BCUT2D eigenvalue weighted by atomic mass is 15.1. The van der Waals surface area contributed by atoms with E-state index < -0.39 is 0 Å². The van der Waals surface area contributed by atoms with Crippen molar-refractivity contribution >= 4 is 27.8 Å². The van der Waals surface area contributed by atoms with Crippen LogP contribution in [0.4, 0.5) is 17.1 Å². The Morgan fingerprint density at radius 2 is 0.880 bits per heavy atom. The van der Waals surface area contributed by atoms with Crippen molar-refractivity contribution in [3.63, 3.8) is 0 Å². The minimum Gasteiger partial charge on any atom is -0.309 e. The fourth-order valence-corrected chi connectivity index (χ4v) is 8.06. The Hall–Kier alpha value is -6.18. The van der Waals surface area contributed by atoms with Gasteiger partial charge in [-0.1, -0.05) is 172 Å². The largest absolute Gasteiger partial charge is 0.309 e. The Labute approximate surface area is 294 Å². The molecule has 0 bridgehead atoms. The van der Waals surface area contributed by atoms with Crippen LogP contribution < -0.4 is 4.90 Å². The summed E-state index contributed by atoms with van der Waals surface area (Å²) in [5.74, 6) is 0. The highest BCUT2D eigenvalue weighted by molar-refractivity contribution is 6.07. The van der Waals surface area contributed by atoms with Crippen LogP contribution >= 0.6 is 0 Å². The standard InChI is InChI=1S/C49H37N/c1-49(2)44-30-16-27-39(35-20-9-4-10-21-35)48(44)43-32-42(36-22-11-5-12-23-36)47(33-45(43)49)50(37-24-13-6-14-25-37)46-31-17-28-40-38(26-15-29-41(40)46)34-18-7-3-8-19-34/h3-33H,1-2H3. The molecule has 0 unspecified atom stereocenters. The lowest BCUT2D eigenvalue weighted by atomic mass is 9.81. The number of para-hydroxylation sites is 1. The van der Waals surface area contributed by atoms with E-state index in [0.717, 1.165) is 11.4 Å². The molecule has 1 aliphatic carbocycles. The van der Waals surface area contributed by atoms with E-state index in [4.69, 9.17) is 0 Å². The van der Waals surface area contributed by atoms with E-state index in [2.05, 4.69) is 207 Å². The number of hydrogen-bond donors (Lipinski definition) is 0. The summed E-state index contributed by atoms with van der Waals surface area (Å²) in [6.45, 7) is 4.77. The van der Waals surface area contributed by atoms with Gasteiger partial charge in [0, 0.05) is 22.1 Å². The third-order valence-electron chi connectivity index (χ3n) is 10.5. The third kappa shape index (κ3) is 4.85. The molecule has 1 heteroatoms. The Morgan fingerprint density at radius 3 is 1.54 bits per heavy atom. The first-order valence-electron chi connectivity index (χ1n) is 17.5. The molecule has 0 fully saturated rings. The SMILES string of the molecule is CC1(C)c2cc(N(c3ccccc3)c3cccc4c(-c5ccccc5)cccc34)c(-c3ccccc3)cc2-c2c(-c3ccccc3)cccc21. The Bertz CT molecular complexity index is 2480. The van der Waals surface area contributed by atoms with Gasteiger partial charge in [0.05, 0.1) is 11.4 Å². The maximum absolute atomic E-state index is 2.49. The van der Waals surface area contributed by atoms with Gasteiger partial charge in [0.25, 0.3) is 0 Å². The zero-order valence-corrected chi connectivity index (χ0v) is 28.3. The maximum Gasteiger partial charge on any atom is 0.0543 e. The molecule has 0 saturated carbocycles. The lowest BCUT2D eigenvalue weighted by molar-refractivity contribution is 0.660. The van der Waals surface area contributed by atoms with Crippen molar-refractivity contribution in [3.8, 4) is 44.5 Å². The molecular formula is C49H37N. The molecule has 0 N–H and O–H groups in total. The summed E-state index contributed by atoms with van der Waals surface area (Å²) < 4.78 is 0. The molecule has 1 aliphatic rings. The Kier molecular flexibility index (Phi) is 7.21. The van der Waals surface area contributed by atoms with Gasteiger partial charge in [0.1, 0.15) is 0 Å². The maximum atomic E-state index is 2.49. The summed E-state index contributed by atoms with van der Waals surface area (Å²) in [6, 6.07) is 68.6. The third-order valence-corrected chi connectivity index (χ3v) is 10.5. The second-order valence-corrected chi connectivity index (χ2v) is 13.7. The van der Waals surface area contributed by atoms with Crippen molar-refractivity contribution < 1.29 is 0 Å². The van der Waals surface area contributed by atoms with Gasteiger partial charge in [-0.15, -0.1) is 0 Å². The van der Waals surface area contributed by atoms with Gasteiger partial charge in [0.15, 0.2) is 0 Å². The second-order valence-electron chi connectivity index (χ2n) is 13.7. The average Bonchev–Trinajstić information content (AvgIpc) is 3.41. The Balaban J connectivity index is 1.35. The van der Waals surface area contributed by atoms with Crippen LogP contribution in [0.3, 0.4) is 0 Å². The van der Waals surface area contributed by atoms with Crippen LogP contribution in [-0.4, -0.2) is 0 Å². The van der Waals surface area contributed by atoms with Gasteiger partial charge in [-0.25, -0.2) is 0 Å². The van der Waals surface area contributed by atoms with E-state index in [1.165, 1.54) is 72.1 Å². The number of anilines is 3. The van der Waals surface area contributed by atoms with Crippen LogP contribution in [0.2, 0.25) is 0 Å². The van der Waals surface area contributed by atoms with Crippen LogP contribution in [0.25, 0.3) is 55.3 Å². The van der Waals surface area contributed by atoms with Crippen molar-refractivity contribution in [3.05, 3.63) is 199 Å². The molecule has 9 rings (SSSR count). The van der Waals surface area contributed by atoms with Crippen LogP contribution in [-0.2, 0) is 5.41 Å². The van der Waals surface area contributed by atoms with Crippen LogP contribution in [0.5, 0.6) is 0 Å². The summed E-state index contributed by atoms with van der Waals surface area (Å²) in [4.78, 5) is 2.48. The van der Waals surface area contributed by atoms with Crippen molar-refractivity contribution in [2.75, 3.05) is 4.90 Å². The van der Waals surface area contributed by atoms with Gasteiger partial charge in [0.2, 0.25) is 0 Å². The number of benzene rings is 8. The molecule has 50 heavy (non-hydrogen) atoms. The van der Waals surface area contributed by atoms with Gasteiger partial charge < -0.3 is 4.90 Å². The Morgan fingerprint density at radius 1 is 0.360 bits per heavy atom. The first kappa shape index (κ1) is 29.9. The summed E-state index contributed by atoms with van der Waals surface area (Å²) in [6.07, 6.45) is 0. The molecule has 0 radical (unpaired) electrons. The number of nitrogens with zero attached hydrogens (tertiary/aromatic N) is 1. The van der Waals surface area contributed by atoms with Crippen LogP contribution in [0, 0.1) is 0 Å². The molecule has 0 atom stereocenters. The van der Waals surface area contributed by atoms with Crippen molar-refractivity contribution in [1.29, 1.82) is 0 Å². The predicted octanol–water partition coefficient (Wildman–Crippen LogP) is 13.6. The fraction of sp³-hybridized carbons (Fsp3) is 0.0612. The molecule has 8 aromatic carbocycles. The number of rotatable bonds is 6. The lowest BCUT2D eigenvalue weighted by Gasteiger charge is -2.31. The first-order chi connectivity index (χ1) is 24.6. The second kappa shape index (κ2) is 12.1. The van der Waals surface area contributed by atoms with Crippen LogP contribution in [0.15, 0.2) is 188 Å². The molecule has 0 heterocycles. The molecule has 1 nitrogen and oxygen atoms in total. The minimum atomic E-state index is -0.193. The van der Waals surface area contributed by atoms with E-state index in [1.807, 2.05) is 0 Å². The van der Waals surface area contributed by atoms with Crippen molar-refractivity contribution in [2.45, 2.75) is 19.3 Å². The van der Waals surface area contributed by atoms with Crippen molar-refractivity contribution in [2.24, 2.45) is 0 Å². The molecule has 0 saturated heterocycles. The monoisotopic (exact) mass is 639 g/mol. The van der Waals surface area contributed by atoms with E-state index in [1.54, 1.807) is 0 Å². The number of hydrogen-bond acceptors (Lipinski definition) is 1. The van der Waals surface area contributed by atoms with E-state index in [-0.39, 0.29) is 5.41 Å². The zero-order chi connectivity index (χ0) is 33.7. The quantitative estimate of drug-likeness (QED) is 0.175. The molecule has 0 spiro atoms. The topological polar surface area (TPSA) is 3.24 Å². The summed E-state index contributed by atoms with van der Waals surface area (Å²) in [5.41, 5.74) is 16.0. The molecule has 8 aromatic rings. The average molecular weight is 640 g/mol. The normalized spacial score (nSPS) is 12.8. The molecule has 238 valence electrons. The fourth-order valence-electron chi connectivity index (χ4n) is 8.06. The van der Waals surface area contributed by atoms with Crippen molar-refractivity contribution in [1.82, 2.24) is 0 Å². The predicted molar refractivity (Wildman–Crippen MR) is 213 cm³/mol.